The summed E-state index contributed by atoms with van der Waals surface area (Å²) in [6.07, 6.45) is 4.03. The third-order valence-corrected chi connectivity index (χ3v) is 3.38. The van der Waals surface area contributed by atoms with E-state index in [9.17, 15) is 4.79 Å². The third-order valence-electron chi connectivity index (χ3n) is 3.38. The van der Waals surface area contributed by atoms with Crippen LogP contribution in [0.5, 0.6) is 0 Å². The number of rotatable bonds is 1. The first-order valence-corrected chi connectivity index (χ1v) is 5.36. The van der Waals surface area contributed by atoms with Gasteiger partial charge in [-0.3, -0.25) is 14.7 Å². The topological polar surface area (TPSA) is 94.9 Å². The van der Waals surface area contributed by atoms with E-state index in [-0.39, 0.29) is 17.7 Å². The van der Waals surface area contributed by atoms with Gasteiger partial charge in [0.25, 0.3) is 0 Å². The van der Waals surface area contributed by atoms with Crippen molar-refractivity contribution in [3.63, 3.8) is 0 Å². The van der Waals surface area contributed by atoms with Crippen LogP contribution in [0.15, 0.2) is 17.5 Å². The van der Waals surface area contributed by atoms with Gasteiger partial charge in [-0.2, -0.15) is 0 Å². The predicted molar refractivity (Wildman–Crippen MR) is 59.2 cm³/mol. The van der Waals surface area contributed by atoms with Crippen molar-refractivity contribution in [1.82, 2.24) is 9.97 Å². The first-order valence-electron chi connectivity index (χ1n) is 5.36. The fraction of sp³-hybridized carbons (Fsp3) is 0.500. The van der Waals surface area contributed by atoms with Crippen molar-refractivity contribution in [2.75, 3.05) is 11.9 Å². The average Bonchev–Trinajstić information content (AvgIpc) is 3.14. The molecule has 3 atom stereocenters. The van der Waals surface area contributed by atoms with E-state index in [1.165, 1.54) is 4.90 Å². The first-order chi connectivity index (χ1) is 8.24. The molecule has 0 radical (unpaired) electrons. The molecule has 86 valence electrons. The van der Waals surface area contributed by atoms with E-state index in [4.69, 9.17) is 5.53 Å². The zero-order chi connectivity index (χ0) is 12.0. The minimum Gasteiger partial charge on any atom is -0.298 e. The molecule has 2 heterocycles. The fourth-order valence-corrected chi connectivity index (χ4v) is 2.42. The van der Waals surface area contributed by atoms with Crippen LogP contribution < -0.4 is 4.90 Å². The van der Waals surface area contributed by atoms with E-state index in [1.54, 1.807) is 19.4 Å². The second-order valence-corrected chi connectivity index (χ2v) is 4.32. The van der Waals surface area contributed by atoms with Gasteiger partial charge in [-0.05, 0) is 17.9 Å². The fourth-order valence-electron chi connectivity index (χ4n) is 2.42. The number of azide groups is 1. The van der Waals surface area contributed by atoms with Crippen molar-refractivity contribution in [2.24, 2.45) is 11.0 Å². The molecule has 7 heteroatoms. The van der Waals surface area contributed by atoms with Crippen LogP contribution in [-0.2, 0) is 4.79 Å². The average molecular weight is 230 g/mol. The van der Waals surface area contributed by atoms with Gasteiger partial charge in [0.1, 0.15) is 6.04 Å². The maximum Gasteiger partial charge on any atom is 0.237 e. The van der Waals surface area contributed by atoms with Crippen LogP contribution in [0.2, 0.25) is 0 Å². The monoisotopic (exact) mass is 230 g/mol. The SMILES string of the molecule is CN1C(=O)C(N=[N+]=[N-])[C@H]2C[C@H]2c2nccnc21. The van der Waals surface area contributed by atoms with Crippen LogP contribution in [0.4, 0.5) is 5.82 Å². The summed E-state index contributed by atoms with van der Waals surface area (Å²) in [6.45, 7) is 0. The van der Waals surface area contributed by atoms with Crippen LogP contribution >= 0.6 is 0 Å². The molecule has 1 aromatic rings. The molecule has 1 fully saturated rings. The van der Waals surface area contributed by atoms with Gasteiger partial charge in [-0.1, -0.05) is 5.11 Å². The normalized spacial score (nSPS) is 29.8. The van der Waals surface area contributed by atoms with Gasteiger partial charge in [0, 0.05) is 30.3 Å². The zero-order valence-electron chi connectivity index (χ0n) is 9.19. The molecule has 7 nitrogen and oxygen atoms in total. The molecule has 0 spiro atoms. The smallest absolute Gasteiger partial charge is 0.237 e. The number of carbonyl (C=O) groups excluding carboxylic acids is 1. The van der Waals surface area contributed by atoms with Gasteiger partial charge in [0.15, 0.2) is 5.82 Å². The molecule has 0 bridgehead atoms. The summed E-state index contributed by atoms with van der Waals surface area (Å²) in [4.78, 5) is 24.8. The van der Waals surface area contributed by atoms with E-state index in [2.05, 4.69) is 20.0 Å². The summed E-state index contributed by atoms with van der Waals surface area (Å²) in [5, 5.41) is 3.61. The predicted octanol–water partition coefficient (Wildman–Crippen LogP) is 1.24. The van der Waals surface area contributed by atoms with Gasteiger partial charge >= 0.3 is 0 Å². The highest BCUT2D eigenvalue weighted by Gasteiger charge is 2.52. The number of fused-ring (bicyclic) bond motifs is 3. The summed E-state index contributed by atoms with van der Waals surface area (Å²) in [7, 11) is 1.64. The molecule has 2 aliphatic rings. The van der Waals surface area contributed by atoms with E-state index >= 15 is 0 Å². The van der Waals surface area contributed by atoms with Crippen molar-refractivity contribution < 1.29 is 4.79 Å². The molecule has 0 aromatic carbocycles. The van der Waals surface area contributed by atoms with Crippen LogP contribution in [0.3, 0.4) is 0 Å². The maximum atomic E-state index is 12.1. The minimum atomic E-state index is -0.619. The van der Waals surface area contributed by atoms with Crippen molar-refractivity contribution in [1.29, 1.82) is 0 Å². The van der Waals surface area contributed by atoms with E-state index < -0.39 is 6.04 Å². The van der Waals surface area contributed by atoms with Gasteiger partial charge < -0.3 is 0 Å². The Kier molecular flexibility index (Phi) is 2.02. The Labute approximate surface area is 97.1 Å². The van der Waals surface area contributed by atoms with Gasteiger partial charge in [0.2, 0.25) is 5.91 Å². The Bertz CT molecular complexity index is 537. The molecule has 1 amide bonds. The first kappa shape index (κ1) is 10.0. The highest BCUT2D eigenvalue weighted by molar-refractivity contribution is 5.98. The Hall–Kier alpha value is -2.14. The lowest BCUT2D eigenvalue weighted by molar-refractivity contribution is -0.119. The molecule has 1 unspecified atom stereocenters. The molecule has 1 aromatic heterocycles. The standard InChI is InChI=1S/C10H10N6O/c1-16-9-7(12-2-3-13-9)5-4-6(5)8(10(16)17)14-15-11/h2-3,5-6,8H,4H2,1H3/t5-,6+,8?/m1/s1. The second-order valence-electron chi connectivity index (χ2n) is 4.32. The second kappa shape index (κ2) is 3.43. The number of likely N-dealkylation sites (N-methyl/N-ethyl adjacent to an activating group) is 1. The summed E-state index contributed by atoms with van der Waals surface area (Å²) in [5.74, 6) is 0.664. The molecular formula is C10H10N6O. The maximum absolute atomic E-state index is 12.1. The van der Waals surface area contributed by atoms with Crippen LogP contribution in [0.1, 0.15) is 18.0 Å². The molecule has 3 rings (SSSR count). The Morgan fingerprint density at radius 1 is 1.53 bits per heavy atom. The van der Waals surface area contributed by atoms with Gasteiger partial charge in [-0.15, -0.1) is 0 Å². The molecule has 0 N–H and O–H groups in total. The zero-order valence-corrected chi connectivity index (χ0v) is 9.19. The molecule has 17 heavy (non-hydrogen) atoms. The molecule has 0 saturated heterocycles. The van der Waals surface area contributed by atoms with E-state index in [0.717, 1.165) is 12.1 Å². The van der Waals surface area contributed by atoms with Crippen LogP contribution in [0.25, 0.3) is 10.4 Å². The summed E-state index contributed by atoms with van der Waals surface area (Å²) >= 11 is 0. The van der Waals surface area contributed by atoms with Gasteiger partial charge in [-0.25, -0.2) is 4.98 Å². The minimum absolute atomic E-state index is 0.0822. The van der Waals surface area contributed by atoms with E-state index in [1.807, 2.05) is 0 Å². The molecule has 1 saturated carbocycles. The number of hydrogen-bond donors (Lipinski definition) is 0. The number of amides is 1. The number of anilines is 1. The van der Waals surface area contributed by atoms with Crippen molar-refractivity contribution in [3.05, 3.63) is 28.5 Å². The lowest BCUT2D eigenvalue weighted by Crippen LogP contribution is -2.36. The van der Waals surface area contributed by atoms with Crippen LogP contribution in [-0.4, -0.2) is 29.0 Å². The highest BCUT2D eigenvalue weighted by atomic mass is 16.2. The molecule has 1 aliphatic heterocycles. The number of carbonyl (C=O) groups is 1. The lowest BCUT2D eigenvalue weighted by atomic mass is 10.1. The molecular weight excluding hydrogens is 220 g/mol. The Morgan fingerprint density at radius 3 is 3.06 bits per heavy atom. The lowest BCUT2D eigenvalue weighted by Gasteiger charge is -2.18. The van der Waals surface area contributed by atoms with Crippen LogP contribution in [0, 0.1) is 5.92 Å². The Balaban J connectivity index is 2.11. The number of nitrogens with zero attached hydrogens (tertiary/aromatic N) is 6. The quantitative estimate of drug-likeness (QED) is 0.412. The van der Waals surface area contributed by atoms with Crippen molar-refractivity contribution >= 4 is 11.7 Å². The largest absolute Gasteiger partial charge is 0.298 e. The summed E-state index contributed by atoms with van der Waals surface area (Å²) in [6, 6.07) is -0.619. The highest BCUT2D eigenvalue weighted by Crippen LogP contribution is 2.53. The van der Waals surface area contributed by atoms with Crippen molar-refractivity contribution in [3.8, 4) is 0 Å². The van der Waals surface area contributed by atoms with Gasteiger partial charge in [0.05, 0.1) is 5.69 Å². The van der Waals surface area contributed by atoms with E-state index in [0.29, 0.717) is 5.82 Å². The van der Waals surface area contributed by atoms with Crippen molar-refractivity contribution in [2.45, 2.75) is 18.4 Å². The number of hydrogen-bond acceptors (Lipinski definition) is 4. The third kappa shape index (κ3) is 1.36. The molecule has 1 aliphatic carbocycles. The Morgan fingerprint density at radius 2 is 2.29 bits per heavy atom. The summed E-state index contributed by atoms with van der Waals surface area (Å²) in [5.41, 5.74) is 9.36. The number of aromatic nitrogens is 2. The summed E-state index contributed by atoms with van der Waals surface area (Å²) < 4.78 is 0.